The Labute approximate surface area is 192 Å². The number of anilines is 3. The summed E-state index contributed by atoms with van der Waals surface area (Å²) < 4.78 is 16.7. The number of rotatable bonds is 4. The molecule has 0 bridgehead atoms. The van der Waals surface area contributed by atoms with Gasteiger partial charge in [-0.05, 0) is 25.0 Å². The summed E-state index contributed by atoms with van der Waals surface area (Å²) in [5.74, 6) is -0.324. The maximum Gasteiger partial charge on any atom is 0.325 e. The van der Waals surface area contributed by atoms with Crippen molar-refractivity contribution in [2.75, 3.05) is 16.4 Å². The average Bonchev–Trinajstić information content (AvgIpc) is 3.34. The summed E-state index contributed by atoms with van der Waals surface area (Å²) >= 11 is 1.27. The second kappa shape index (κ2) is 7.73. The molecular formula is C21H22FN9OS. The van der Waals surface area contributed by atoms with Crippen molar-refractivity contribution < 1.29 is 9.18 Å². The van der Waals surface area contributed by atoms with Gasteiger partial charge in [0.2, 0.25) is 5.13 Å². The second-order valence-electron chi connectivity index (χ2n) is 8.92. The van der Waals surface area contributed by atoms with Crippen molar-refractivity contribution in [3.8, 4) is 11.3 Å². The Morgan fingerprint density at radius 1 is 1.21 bits per heavy atom. The highest BCUT2D eigenvalue weighted by Gasteiger charge is 2.29. The van der Waals surface area contributed by atoms with Gasteiger partial charge < -0.3 is 11.1 Å². The molecule has 5 rings (SSSR count). The van der Waals surface area contributed by atoms with Crippen LogP contribution in [0.5, 0.6) is 0 Å². The van der Waals surface area contributed by atoms with Crippen LogP contribution in [0.4, 0.5) is 25.8 Å². The van der Waals surface area contributed by atoms with Crippen LogP contribution in [0.1, 0.15) is 44.7 Å². The molecule has 0 spiro atoms. The first kappa shape index (κ1) is 21.2. The van der Waals surface area contributed by atoms with E-state index in [1.54, 1.807) is 6.07 Å². The van der Waals surface area contributed by atoms with E-state index in [1.165, 1.54) is 29.8 Å². The van der Waals surface area contributed by atoms with E-state index in [-0.39, 0.29) is 23.0 Å². The minimum Gasteiger partial charge on any atom is -0.383 e. The number of nitrogen functional groups attached to an aromatic ring is 1. The van der Waals surface area contributed by atoms with Crippen molar-refractivity contribution >= 4 is 45.0 Å². The van der Waals surface area contributed by atoms with E-state index in [1.807, 2.05) is 25.5 Å². The van der Waals surface area contributed by atoms with Gasteiger partial charge in [0.1, 0.15) is 28.7 Å². The maximum absolute atomic E-state index is 14.9. The molecule has 10 nitrogen and oxygen atoms in total. The number of nitrogens with two attached hydrogens (primary N) is 1. The van der Waals surface area contributed by atoms with Crippen LogP contribution in [0.15, 0.2) is 24.5 Å². The standard InChI is InChI=1S/C21H22FN9OS/c1-21(2,3)18-28-29-20(33-18)27-19(32)26-13-7-4-10(8-12(13)22)15-14-16(23)24-9-25-17(14)31(30-15)11-5-6-11/h4,7-9,11H,5-6H2,1-3H3,(H2,23,24,25)(H2,26,27,29,32). The van der Waals surface area contributed by atoms with Crippen LogP contribution in [-0.2, 0) is 5.41 Å². The maximum atomic E-state index is 14.9. The van der Waals surface area contributed by atoms with Crippen molar-refractivity contribution in [3.63, 3.8) is 0 Å². The normalized spacial score (nSPS) is 13.9. The highest BCUT2D eigenvalue weighted by Crippen LogP contribution is 2.40. The number of fused-ring (bicyclic) bond motifs is 1. The van der Waals surface area contributed by atoms with Crippen molar-refractivity contribution in [2.24, 2.45) is 0 Å². The molecule has 1 aliphatic rings. The minimum atomic E-state index is -0.612. The molecule has 0 unspecified atom stereocenters. The van der Waals surface area contributed by atoms with Gasteiger partial charge in [-0.2, -0.15) is 5.10 Å². The third kappa shape index (κ3) is 4.09. The molecule has 0 saturated heterocycles. The molecule has 12 heteroatoms. The van der Waals surface area contributed by atoms with Gasteiger partial charge in [-0.3, -0.25) is 5.32 Å². The zero-order valence-electron chi connectivity index (χ0n) is 18.3. The SMILES string of the molecule is CC(C)(C)c1nnc(NC(=O)Nc2ccc(-c3nn(C4CC4)c4ncnc(N)c34)cc2F)s1. The number of nitrogens with zero attached hydrogens (tertiary/aromatic N) is 6. The molecule has 0 aliphatic heterocycles. The fourth-order valence-corrected chi connectivity index (χ4v) is 4.16. The molecule has 4 aromatic rings. The molecule has 1 saturated carbocycles. The summed E-state index contributed by atoms with van der Waals surface area (Å²) in [6, 6.07) is 4.12. The Morgan fingerprint density at radius 3 is 2.67 bits per heavy atom. The third-order valence-corrected chi connectivity index (χ3v) is 6.45. The topological polar surface area (TPSA) is 137 Å². The van der Waals surface area contributed by atoms with Crippen LogP contribution in [0.25, 0.3) is 22.3 Å². The van der Waals surface area contributed by atoms with E-state index < -0.39 is 11.8 Å². The lowest BCUT2D eigenvalue weighted by Gasteiger charge is -2.12. The number of nitrogens with one attached hydrogen (secondary N) is 2. The number of urea groups is 1. The number of amides is 2. The Bertz CT molecular complexity index is 1370. The number of aromatic nitrogens is 6. The number of carbonyl (C=O) groups excluding carboxylic acids is 1. The summed E-state index contributed by atoms with van der Waals surface area (Å²) in [5.41, 5.74) is 7.59. The Balaban J connectivity index is 1.38. The lowest BCUT2D eigenvalue weighted by atomic mass is 9.98. The zero-order valence-corrected chi connectivity index (χ0v) is 19.1. The lowest BCUT2D eigenvalue weighted by Crippen LogP contribution is -2.20. The predicted octanol–water partition coefficient (Wildman–Crippen LogP) is 4.34. The van der Waals surface area contributed by atoms with Crippen molar-refractivity contribution in [1.29, 1.82) is 0 Å². The quantitative estimate of drug-likeness (QED) is 0.406. The Morgan fingerprint density at radius 2 is 2.00 bits per heavy atom. The van der Waals surface area contributed by atoms with Gasteiger partial charge in [0, 0.05) is 11.0 Å². The highest BCUT2D eigenvalue weighted by atomic mass is 32.1. The molecule has 3 heterocycles. The summed E-state index contributed by atoms with van der Waals surface area (Å²) in [7, 11) is 0. The van der Waals surface area contributed by atoms with E-state index in [2.05, 4.69) is 35.9 Å². The van der Waals surface area contributed by atoms with Crippen LogP contribution in [0.3, 0.4) is 0 Å². The van der Waals surface area contributed by atoms with Gasteiger partial charge in [0.05, 0.1) is 17.1 Å². The Hall–Kier alpha value is -3.67. The molecule has 1 fully saturated rings. The number of halogens is 1. The summed E-state index contributed by atoms with van der Waals surface area (Å²) in [5, 5.41) is 19.5. The van der Waals surface area contributed by atoms with E-state index >= 15 is 0 Å². The average molecular weight is 468 g/mol. The van der Waals surface area contributed by atoms with Crippen molar-refractivity contribution in [1.82, 2.24) is 29.9 Å². The number of hydrogen-bond acceptors (Lipinski definition) is 8. The molecule has 0 atom stereocenters. The molecule has 4 N–H and O–H groups in total. The first-order valence-electron chi connectivity index (χ1n) is 10.4. The first-order valence-corrected chi connectivity index (χ1v) is 11.2. The molecule has 1 aromatic carbocycles. The number of carbonyl (C=O) groups is 1. The summed E-state index contributed by atoms with van der Waals surface area (Å²) in [6.07, 6.45) is 3.42. The van der Waals surface area contributed by atoms with Crippen LogP contribution in [-0.4, -0.2) is 36.0 Å². The van der Waals surface area contributed by atoms with Crippen molar-refractivity contribution in [3.05, 3.63) is 35.4 Å². The van der Waals surface area contributed by atoms with Crippen LogP contribution in [0, 0.1) is 5.82 Å². The summed E-state index contributed by atoms with van der Waals surface area (Å²) in [6.45, 7) is 6.01. The van der Waals surface area contributed by atoms with Crippen LogP contribution < -0.4 is 16.4 Å². The molecular weight excluding hydrogens is 445 g/mol. The summed E-state index contributed by atoms with van der Waals surface area (Å²) in [4.78, 5) is 20.7. The van der Waals surface area contributed by atoms with E-state index in [9.17, 15) is 9.18 Å². The lowest BCUT2D eigenvalue weighted by molar-refractivity contribution is 0.262. The monoisotopic (exact) mass is 467 g/mol. The van der Waals surface area contributed by atoms with Crippen LogP contribution in [0.2, 0.25) is 0 Å². The van der Waals surface area contributed by atoms with E-state index in [0.29, 0.717) is 27.4 Å². The van der Waals surface area contributed by atoms with Gasteiger partial charge in [-0.25, -0.2) is 23.8 Å². The van der Waals surface area contributed by atoms with Gasteiger partial charge in [0.15, 0.2) is 5.65 Å². The van der Waals surface area contributed by atoms with E-state index in [4.69, 9.17) is 5.73 Å². The van der Waals surface area contributed by atoms with Gasteiger partial charge in [-0.15, -0.1) is 10.2 Å². The fraction of sp³-hybridized carbons (Fsp3) is 0.333. The van der Waals surface area contributed by atoms with Crippen LogP contribution >= 0.6 is 11.3 Å². The molecule has 1 aliphatic carbocycles. The minimum absolute atomic E-state index is 0.0203. The molecule has 33 heavy (non-hydrogen) atoms. The first-order chi connectivity index (χ1) is 15.7. The molecule has 0 radical (unpaired) electrons. The molecule has 2 amide bonds. The van der Waals surface area contributed by atoms with Gasteiger partial charge in [0.25, 0.3) is 0 Å². The molecule has 170 valence electrons. The van der Waals surface area contributed by atoms with E-state index in [0.717, 1.165) is 17.8 Å². The largest absolute Gasteiger partial charge is 0.383 e. The smallest absolute Gasteiger partial charge is 0.325 e. The zero-order chi connectivity index (χ0) is 23.3. The fourth-order valence-electron chi connectivity index (χ4n) is 3.36. The highest BCUT2D eigenvalue weighted by molar-refractivity contribution is 7.15. The number of benzene rings is 1. The molecule has 3 aromatic heterocycles. The third-order valence-electron chi connectivity index (χ3n) is 5.19. The van der Waals surface area contributed by atoms with Crippen molar-refractivity contribution in [2.45, 2.75) is 45.1 Å². The van der Waals surface area contributed by atoms with Gasteiger partial charge >= 0.3 is 6.03 Å². The number of hydrogen-bond donors (Lipinski definition) is 3. The Kier molecular flexibility index (Phi) is 4.96. The second-order valence-corrected chi connectivity index (χ2v) is 9.90. The van der Waals surface area contributed by atoms with Gasteiger partial charge in [-0.1, -0.05) is 38.2 Å². The predicted molar refractivity (Wildman–Crippen MR) is 125 cm³/mol.